The Morgan fingerprint density at radius 3 is 2.29 bits per heavy atom. The van der Waals surface area contributed by atoms with Gasteiger partial charge in [-0.25, -0.2) is 4.98 Å². The zero-order valence-corrected chi connectivity index (χ0v) is 21.3. The molecular weight excluding hydrogens is 445 g/mol. The van der Waals surface area contributed by atoms with Crippen LogP contribution in [0.5, 0.6) is 0 Å². The maximum absolute atomic E-state index is 13.1. The van der Waals surface area contributed by atoms with Gasteiger partial charge in [0.1, 0.15) is 5.69 Å². The van der Waals surface area contributed by atoms with Gasteiger partial charge in [-0.05, 0) is 55.6 Å². The number of nitrogens with one attached hydrogen (secondary N) is 1. The van der Waals surface area contributed by atoms with Gasteiger partial charge in [-0.1, -0.05) is 70.4 Å². The molecule has 2 bridgehead atoms. The van der Waals surface area contributed by atoms with Crippen LogP contribution in [-0.4, -0.2) is 31.4 Å². The van der Waals surface area contributed by atoms with Gasteiger partial charge in [0.05, 0.1) is 11.0 Å². The van der Waals surface area contributed by atoms with Crippen molar-refractivity contribution in [1.82, 2.24) is 14.9 Å². The maximum Gasteiger partial charge on any atom is 0.277 e. The van der Waals surface area contributed by atoms with Gasteiger partial charge >= 0.3 is 0 Å². The van der Waals surface area contributed by atoms with Gasteiger partial charge in [-0.3, -0.25) is 4.79 Å². The van der Waals surface area contributed by atoms with E-state index in [-0.39, 0.29) is 17.3 Å². The molecule has 0 amide bonds. The zero-order valence-electron chi connectivity index (χ0n) is 20.4. The van der Waals surface area contributed by atoms with E-state index in [9.17, 15) is 4.79 Å². The molecular formula is C27H40N3O3P. The Kier molecular flexibility index (Phi) is 9.30. The first-order valence-electron chi connectivity index (χ1n) is 13.1. The van der Waals surface area contributed by atoms with Crippen molar-refractivity contribution >= 4 is 25.5 Å². The molecule has 0 radical (unpaired) electrons. The molecule has 2 saturated heterocycles. The van der Waals surface area contributed by atoms with E-state index in [1.165, 1.54) is 63.3 Å². The lowest BCUT2D eigenvalue weighted by Crippen LogP contribution is -2.50. The van der Waals surface area contributed by atoms with Crippen LogP contribution in [0.25, 0.3) is 17.1 Å². The predicted octanol–water partition coefficient (Wildman–Crippen LogP) is 5.88. The Balaban J connectivity index is 0.000000257. The molecule has 1 saturated carbocycles. The molecule has 7 heteroatoms. The molecule has 5 rings (SSSR count). The topological polar surface area (TPSA) is 87.4 Å². The number of fused-ring (bicyclic) bond motifs is 3. The van der Waals surface area contributed by atoms with Crippen molar-refractivity contribution < 1.29 is 9.79 Å². The fourth-order valence-electron chi connectivity index (χ4n) is 5.89. The lowest BCUT2D eigenvalue weighted by atomic mass is 9.84. The van der Waals surface area contributed by atoms with Crippen LogP contribution < -0.4 is 10.9 Å². The molecule has 6 nitrogen and oxygen atoms in total. The number of nitrogens with zero attached hydrogens (tertiary/aromatic N) is 2. The number of para-hydroxylation sites is 2. The molecule has 34 heavy (non-hydrogen) atoms. The molecule has 0 spiro atoms. The van der Waals surface area contributed by atoms with Crippen LogP contribution >= 0.6 is 8.38 Å². The lowest BCUT2D eigenvalue weighted by Gasteiger charge is -2.41. The Hall–Kier alpha value is -1.59. The van der Waals surface area contributed by atoms with Crippen molar-refractivity contribution in [3.8, 4) is 0 Å². The van der Waals surface area contributed by atoms with Crippen LogP contribution in [0.2, 0.25) is 0 Å². The van der Waals surface area contributed by atoms with E-state index in [0.717, 1.165) is 42.6 Å². The first-order chi connectivity index (χ1) is 16.5. The summed E-state index contributed by atoms with van der Waals surface area (Å²) >= 11 is 0. The van der Waals surface area contributed by atoms with Crippen molar-refractivity contribution in [2.75, 3.05) is 0 Å². The summed E-state index contributed by atoms with van der Waals surface area (Å²) in [7, 11) is -2.19. The molecule has 2 aromatic rings. The summed E-state index contributed by atoms with van der Waals surface area (Å²) in [4.78, 5) is 35.8. The first kappa shape index (κ1) is 25.5. The second-order valence-corrected chi connectivity index (χ2v) is 11.3. The fourth-order valence-corrected chi connectivity index (χ4v) is 6.16. The van der Waals surface area contributed by atoms with E-state index < -0.39 is 8.38 Å². The van der Waals surface area contributed by atoms with E-state index in [1.807, 2.05) is 28.8 Å². The number of hydrogen-bond acceptors (Lipinski definition) is 5. The number of aromatic nitrogens is 2. The van der Waals surface area contributed by atoms with E-state index in [0.29, 0.717) is 12.1 Å². The normalized spacial score (nSPS) is 26.2. The third-order valence-electron chi connectivity index (χ3n) is 7.63. The summed E-state index contributed by atoms with van der Waals surface area (Å²) in [6.07, 6.45) is 17.3. The molecule has 1 aromatic heterocycles. The molecule has 3 heterocycles. The van der Waals surface area contributed by atoms with Gasteiger partial charge < -0.3 is 19.7 Å². The quantitative estimate of drug-likeness (QED) is 0.473. The van der Waals surface area contributed by atoms with Gasteiger partial charge in [0.25, 0.3) is 5.56 Å². The third-order valence-corrected chi connectivity index (χ3v) is 8.05. The van der Waals surface area contributed by atoms with Gasteiger partial charge in [-0.2, -0.15) is 0 Å². The average molecular weight is 486 g/mol. The van der Waals surface area contributed by atoms with Crippen molar-refractivity contribution in [2.45, 2.75) is 102 Å². The standard InChI is InChI=1S/C18H22N3O3P.C9H18/c22-18-16(8-9-25(23)24)20-15-6-1-2-7-17(15)21(18)14-10-12-4-3-5-13(11-14)19-12;1-9-7-5-3-2-4-6-8-9/h1-2,6-9,12-14,19,23-24H,3-5,10-11H2;9H,2-8H2,1H3/b9-8+;. The Morgan fingerprint density at radius 2 is 1.62 bits per heavy atom. The highest BCUT2D eigenvalue weighted by Gasteiger charge is 2.33. The molecule has 3 aliphatic rings. The van der Waals surface area contributed by atoms with Gasteiger partial charge in [-0.15, -0.1) is 0 Å². The summed E-state index contributed by atoms with van der Waals surface area (Å²) in [5, 5.41) is 3.67. The zero-order chi connectivity index (χ0) is 23.9. The monoisotopic (exact) mass is 485 g/mol. The van der Waals surface area contributed by atoms with Crippen LogP contribution in [0, 0.1) is 5.92 Å². The SMILES string of the molecule is CC1CCCCCCC1.O=c1c(/C=C/P(O)O)nc2ccccc2n1C1CC2CCCC(C1)N2. The Bertz CT molecular complexity index is 1000. The third kappa shape index (κ3) is 6.75. The molecule has 1 aromatic carbocycles. The van der Waals surface area contributed by atoms with Crippen molar-refractivity contribution in [1.29, 1.82) is 0 Å². The maximum atomic E-state index is 13.1. The lowest BCUT2D eigenvalue weighted by molar-refractivity contribution is 0.188. The van der Waals surface area contributed by atoms with Crippen LogP contribution in [0.3, 0.4) is 0 Å². The molecule has 1 aliphatic carbocycles. The van der Waals surface area contributed by atoms with Gasteiger partial charge in [0.15, 0.2) is 8.38 Å². The molecule has 2 aliphatic heterocycles. The minimum atomic E-state index is -2.19. The van der Waals surface area contributed by atoms with E-state index in [1.54, 1.807) is 0 Å². The molecule has 186 valence electrons. The van der Waals surface area contributed by atoms with Crippen LogP contribution in [-0.2, 0) is 0 Å². The van der Waals surface area contributed by atoms with Crippen molar-refractivity contribution in [3.63, 3.8) is 0 Å². The van der Waals surface area contributed by atoms with Crippen molar-refractivity contribution in [2.24, 2.45) is 5.92 Å². The summed E-state index contributed by atoms with van der Waals surface area (Å²) < 4.78 is 1.88. The highest BCUT2D eigenvalue weighted by Crippen LogP contribution is 2.33. The smallest absolute Gasteiger partial charge is 0.277 e. The summed E-state index contributed by atoms with van der Waals surface area (Å²) in [6, 6.07) is 8.76. The Labute approximate surface area is 204 Å². The van der Waals surface area contributed by atoms with Crippen LogP contribution in [0.1, 0.15) is 95.7 Å². The average Bonchev–Trinajstić information content (AvgIpc) is 2.80. The second kappa shape index (κ2) is 12.4. The van der Waals surface area contributed by atoms with E-state index in [2.05, 4.69) is 17.2 Å². The number of benzene rings is 1. The molecule has 2 unspecified atom stereocenters. The Morgan fingerprint density at radius 1 is 0.971 bits per heavy atom. The highest BCUT2D eigenvalue weighted by atomic mass is 31.2. The van der Waals surface area contributed by atoms with Crippen LogP contribution in [0.4, 0.5) is 0 Å². The first-order valence-corrected chi connectivity index (χ1v) is 14.5. The van der Waals surface area contributed by atoms with Gasteiger partial charge in [0.2, 0.25) is 0 Å². The molecule has 2 atom stereocenters. The van der Waals surface area contributed by atoms with Crippen molar-refractivity contribution in [3.05, 3.63) is 46.1 Å². The summed E-state index contributed by atoms with van der Waals surface area (Å²) in [5.41, 5.74) is 1.71. The second-order valence-electron chi connectivity index (χ2n) is 10.4. The van der Waals surface area contributed by atoms with Gasteiger partial charge in [0, 0.05) is 18.1 Å². The number of piperidine rings is 2. The predicted molar refractivity (Wildman–Crippen MR) is 141 cm³/mol. The molecule has 3 N–H and O–H groups in total. The summed E-state index contributed by atoms with van der Waals surface area (Å²) in [6.45, 7) is 2.39. The minimum Gasteiger partial charge on any atom is -0.347 e. The van der Waals surface area contributed by atoms with E-state index >= 15 is 0 Å². The van der Waals surface area contributed by atoms with E-state index in [4.69, 9.17) is 9.79 Å². The summed E-state index contributed by atoms with van der Waals surface area (Å²) in [5.74, 6) is 2.25. The van der Waals surface area contributed by atoms with Crippen LogP contribution in [0.15, 0.2) is 34.9 Å². The number of hydrogen-bond donors (Lipinski definition) is 3. The minimum absolute atomic E-state index is 0.147. The molecule has 3 fully saturated rings. The fraction of sp³-hybridized carbons (Fsp3) is 0.630. The highest BCUT2D eigenvalue weighted by molar-refractivity contribution is 7.48. The number of rotatable bonds is 3. The largest absolute Gasteiger partial charge is 0.347 e.